The number of aliphatic hydroxyl groups is 10. The molecule has 0 rings (SSSR count). The third-order valence-corrected chi connectivity index (χ3v) is 3.17. The van der Waals surface area contributed by atoms with Crippen molar-refractivity contribution in [3.05, 3.63) is 0 Å². The van der Waals surface area contributed by atoms with Crippen LogP contribution in [0.2, 0.25) is 0 Å². The van der Waals surface area contributed by atoms with E-state index in [-0.39, 0.29) is 51.4 Å². The Balaban J connectivity index is -0.000000411. The first-order valence-corrected chi connectivity index (χ1v) is 7.20. The van der Waals surface area contributed by atoms with Crippen LogP contribution >= 0.6 is 0 Å². The van der Waals surface area contributed by atoms with Crippen molar-refractivity contribution in [3.63, 3.8) is 0 Å². The first-order valence-electron chi connectivity index (χ1n) is 7.20. The van der Waals surface area contributed by atoms with Crippen LogP contribution < -0.4 is 56.5 Å². The van der Waals surface area contributed by atoms with Crippen molar-refractivity contribution in [3.8, 4) is 0 Å². The van der Waals surface area contributed by atoms with Gasteiger partial charge in [0.15, 0.2) is 5.78 Å². The van der Waals surface area contributed by atoms with Crippen molar-refractivity contribution >= 4 is 11.8 Å². The maximum atomic E-state index is 10.5. The van der Waals surface area contributed by atoms with E-state index in [4.69, 9.17) is 51.1 Å². The molecular weight excluding hydrogens is 403 g/mol. The van der Waals surface area contributed by atoms with E-state index in [1.807, 2.05) is 0 Å². The molecule has 13 nitrogen and oxygen atoms in total. The number of Topliss-reactive ketones (excluding diaryl/α,β-unsaturated/α-hetero) is 1. The molecule has 0 heterocycles. The summed E-state index contributed by atoms with van der Waals surface area (Å²) in [5.41, 5.74) is 0. The number of aliphatic hydroxyl groups excluding tert-OH is 10. The number of hydrogen-bond acceptors (Lipinski definition) is 13. The molecule has 0 aromatic carbocycles. The second-order valence-electron chi connectivity index (χ2n) is 5.28. The molecule has 0 radical (unpaired) electrons. The predicted octanol–water partition coefficient (Wildman–Crippen LogP) is -10.8. The van der Waals surface area contributed by atoms with Gasteiger partial charge in [-0.3, -0.25) is 4.79 Å². The van der Waals surface area contributed by atoms with Gasteiger partial charge < -0.3 is 61.0 Å². The molecule has 14 heteroatoms. The zero-order valence-electron chi connectivity index (χ0n) is 14.7. The Labute approximate surface area is 196 Å². The van der Waals surface area contributed by atoms with Crippen LogP contribution in [0, 0.1) is 0 Å². The van der Waals surface area contributed by atoms with Crippen LogP contribution in [0.25, 0.3) is 0 Å². The number of aliphatic carboxylic acids is 1. The van der Waals surface area contributed by atoms with E-state index in [1.54, 1.807) is 0 Å². The van der Waals surface area contributed by atoms with Crippen LogP contribution in [0.3, 0.4) is 0 Å². The molecule has 0 spiro atoms. The van der Waals surface area contributed by atoms with Crippen LogP contribution in [-0.4, -0.2) is 125 Å². The van der Waals surface area contributed by atoms with E-state index >= 15 is 0 Å². The topological polar surface area (TPSA) is 260 Å². The van der Waals surface area contributed by atoms with E-state index in [9.17, 15) is 14.7 Å². The minimum Gasteiger partial charge on any atom is -0.547 e. The fourth-order valence-corrected chi connectivity index (χ4v) is 1.42. The number of carboxylic acid groups (broad SMARTS) is 1. The average Bonchev–Trinajstić information content (AvgIpc) is 2.62. The normalized spacial score (nSPS) is 19.7. The minimum atomic E-state index is -2.31. The van der Waals surface area contributed by atoms with Crippen LogP contribution in [-0.2, 0) is 9.59 Å². The average molecular weight is 428 g/mol. The molecule has 0 aromatic rings. The molecule has 10 N–H and O–H groups in total. The van der Waals surface area contributed by atoms with Crippen LogP contribution in [0.15, 0.2) is 0 Å². The summed E-state index contributed by atoms with van der Waals surface area (Å²) in [6.45, 7) is -0.590. The summed E-state index contributed by atoms with van der Waals surface area (Å²) < 4.78 is 0. The first-order chi connectivity index (χ1) is 11.8. The van der Waals surface area contributed by atoms with Crippen molar-refractivity contribution in [1.82, 2.24) is 0 Å². The number of carbonyl (C=O) groups is 2. The maximum Gasteiger partial charge on any atom is 1.00 e. The van der Waals surface area contributed by atoms with Crippen LogP contribution in [0.5, 0.6) is 0 Å². The van der Waals surface area contributed by atoms with Gasteiger partial charge in [0.25, 0.3) is 0 Å². The number of carboxylic acids is 1. The van der Waals surface area contributed by atoms with Crippen molar-refractivity contribution in [2.75, 3.05) is 13.2 Å². The van der Waals surface area contributed by atoms with Crippen LogP contribution in [0.1, 0.15) is 6.92 Å². The molecule has 156 valence electrons. The van der Waals surface area contributed by atoms with E-state index in [0.717, 1.165) is 6.92 Å². The first kappa shape index (κ1) is 32.1. The zero-order valence-corrected chi connectivity index (χ0v) is 17.9. The Morgan fingerprint density at radius 3 is 1.22 bits per heavy atom. The van der Waals surface area contributed by atoms with Gasteiger partial charge in [-0.25, -0.2) is 0 Å². The van der Waals surface area contributed by atoms with Gasteiger partial charge in [-0.05, 0) is 6.92 Å². The molecule has 0 aromatic heterocycles. The molecule has 27 heavy (non-hydrogen) atoms. The summed E-state index contributed by atoms with van der Waals surface area (Å²) >= 11 is 0. The van der Waals surface area contributed by atoms with Crippen LogP contribution in [0.4, 0.5) is 0 Å². The molecule has 0 amide bonds. The summed E-state index contributed by atoms with van der Waals surface area (Å²) in [6.07, 6.45) is -15.0. The van der Waals surface area contributed by atoms with E-state index in [1.165, 1.54) is 0 Å². The molecular formula is C13H25KO13. The molecule has 0 unspecified atom stereocenters. The monoisotopic (exact) mass is 428 g/mol. The molecule has 0 bridgehead atoms. The quantitative estimate of drug-likeness (QED) is 0.145. The van der Waals surface area contributed by atoms with Crippen molar-refractivity contribution in [1.29, 1.82) is 0 Å². The fraction of sp³-hybridized carbons (Fsp3) is 0.846. The second-order valence-corrected chi connectivity index (χ2v) is 5.28. The molecule has 0 saturated carbocycles. The second kappa shape index (κ2) is 16.2. The number of carbonyl (C=O) groups excluding carboxylic acids is 2. The Hall–Kier alpha value is 0.376. The fourth-order valence-electron chi connectivity index (χ4n) is 1.42. The Bertz CT molecular complexity index is 385. The third-order valence-electron chi connectivity index (χ3n) is 3.17. The van der Waals surface area contributed by atoms with E-state index in [2.05, 4.69) is 0 Å². The van der Waals surface area contributed by atoms with Gasteiger partial charge in [0.05, 0.1) is 19.2 Å². The standard InChI is InChI=1S/C7H14O6.C6H12O7.K/c1-3(9)5(11)7(13)6(12)4(10)2-8;7-1-2(8)3(9)4(10)5(11)6(12)13;/h4-8,10-13H,2H2,1H3;2-5,7-11H,1H2,(H,12,13);/q;;+1/p-1/t4-,5+,6-,7-;2-,3-,4+,5-;/m11./s1. The third kappa shape index (κ3) is 11.8. The van der Waals surface area contributed by atoms with Gasteiger partial charge in [-0.2, -0.15) is 0 Å². The Morgan fingerprint density at radius 2 is 1.00 bits per heavy atom. The zero-order chi connectivity index (χ0) is 21.2. The molecule has 8 atom stereocenters. The number of hydrogen-bond donors (Lipinski definition) is 10. The van der Waals surface area contributed by atoms with Crippen molar-refractivity contribution in [2.24, 2.45) is 0 Å². The smallest absolute Gasteiger partial charge is 0.547 e. The van der Waals surface area contributed by atoms with Gasteiger partial charge in [0.2, 0.25) is 0 Å². The van der Waals surface area contributed by atoms with Gasteiger partial charge >= 0.3 is 51.4 Å². The Kier molecular flexibility index (Phi) is 19.2. The summed E-state index contributed by atoms with van der Waals surface area (Å²) in [6, 6.07) is 0. The van der Waals surface area contributed by atoms with Gasteiger partial charge in [-0.1, -0.05) is 0 Å². The van der Waals surface area contributed by atoms with Crippen molar-refractivity contribution in [2.45, 2.75) is 55.8 Å². The minimum absolute atomic E-state index is 0. The predicted molar refractivity (Wildman–Crippen MR) is 77.9 cm³/mol. The van der Waals surface area contributed by atoms with Gasteiger partial charge in [0, 0.05) is 0 Å². The number of rotatable bonds is 10. The molecule has 0 aliphatic heterocycles. The molecule has 0 fully saturated rings. The molecule has 0 aliphatic rings. The van der Waals surface area contributed by atoms with Gasteiger partial charge in [-0.15, -0.1) is 0 Å². The summed E-state index contributed by atoms with van der Waals surface area (Å²) in [7, 11) is 0. The number of ketones is 1. The maximum absolute atomic E-state index is 10.5. The van der Waals surface area contributed by atoms with Gasteiger partial charge in [0.1, 0.15) is 48.8 Å². The molecule has 0 saturated heterocycles. The summed E-state index contributed by atoms with van der Waals surface area (Å²) in [5, 5.41) is 97.7. The largest absolute Gasteiger partial charge is 1.00 e. The summed E-state index contributed by atoms with van der Waals surface area (Å²) in [5.74, 6) is -2.70. The van der Waals surface area contributed by atoms with E-state index < -0.39 is 73.8 Å². The van der Waals surface area contributed by atoms with E-state index in [0.29, 0.717) is 0 Å². The SMILES string of the molecule is CC(=O)[C@H](O)[C@@H](O)[C@H](O)[C@H](O)CO.O=C([O-])[C@H](O)[C@@H](O)[C@H](O)[C@H](O)CO.[K+]. The van der Waals surface area contributed by atoms with Crippen molar-refractivity contribution < 1.29 is 117 Å². The summed E-state index contributed by atoms with van der Waals surface area (Å²) in [4.78, 5) is 20.5. The Morgan fingerprint density at radius 1 is 0.704 bits per heavy atom. The molecule has 0 aliphatic carbocycles.